The quantitative estimate of drug-likeness (QED) is 0.264. The van der Waals surface area contributed by atoms with Crippen molar-refractivity contribution < 1.29 is 23.8 Å². The first-order valence-electron chi connectivity index (χ1n) is 12.4. The molecular formula is C29H34N2O5. The van der Waals surface area contributed by atoms with E-state index in [9.17, 15) is 9.59 Å². The Morgan fingerprint density at radius 1 is 1.08 bits per heavy atom. The molecule has 3 aromatic rings. The van der Waals surface area contributed by atoms with Crippen molar-refractivity contribution in [1.82, 2.24) is 4.98 Å². The van der Waals surface area contributed by atoms with Crippen LogP contribution in [0.2, 0.25) is 0 Å². The molecule has 2 aromatic carbocycles. The predicted octanol–water partition coefficient (Wildman–Crippen LogP) is 6.94. The van der Waals surface area contributed by atoms with Crippen LogP contribution in [-0.4, -0.2) is 37.4 Å². The van der Waals surface area contributed by atoms with E-state index in [4.69, 9.17) is 14.2 Å². The lowest BCUT2D eigenvalue weighted by Gasteiger charge is -2.20. The average Bonchev–Trinajstić information content (AvgIpc) is 3.53. The van der Waals surface area contributed by atoms with Gasteiger partial charge in [-0.1, -0.05) is 17.7 Å². The van der Waals surface area contributed by atoms with Crippen LogP contribution in [0.4, 0.5) is 10.5 Å². The highest BCUT2D eigenvalue weighted by Gasteiger charge is 2.23. The van der Waals surface area contributed by atoms with Gasteiger partial charge in [0.1, 0.15) is 11.9 Å². The molecule has 7 nitrogen and oxygen atoms in total. The molecule has 1 aliphatic rings. The molecule has 0 saturated heterocycles. The van der Waals surface area contributed by atoms with Gasteiger partial charge in [0.2, 0.25) is 0 Å². The van der Waals surface area contributed by atoms with Crippen molar-refractivity contribution in [1.29, 1.82) is 0 Å². The fourth-order valence-corrected chi connectivity index (χ4v) is 4.83. The Hall–Kier alpha value is -3.74. The molecule has 0 bridgehead atoms. The summed E-state index contributed by atoms with van der Waals surface area (Å²) in [6.07, 6.45) is 8.59. The highest BCUT2D eigenvalue weighted by molar-refractivity contribution is 5.93. The van der Waals surface area contributed by atoms with Crippen molar-refractivity contribution in [3.05, 3.63) is 70.9 Å². The second-order valence-corrected chi connectivity index (χ2v) is 9.46. The van der Waals surface area contributed by atoms with E-state index in [2.05, 4.69) is 30.2 Å². The Labute approximate surface area is 211 Å². The number of allylic oxidation sites excluding steroid dienone is 2. The fourth-order valence-electron chi connectivity index (χ4n) is 4.83. The summed E-state index contributed by atoms with van der Waals surface area (Å²) in [7, 11) is 2.96. The summed E-state index contributed by atoms with van der Waals surface area (Å²) in [5, 5.41) is 3.89. The van der Waals surface area contributed by atoms with Crippen LogP contribution in [0.1, 0.15) is 73.4 Å². The number of methoxy groups -OCH3 is 2. The Morgan fingerprint density at radius 3 is 2.56 bits per heavy atom. The van der Waals surface area contributed by atoms with Crippen LogP contribution >= 0.6 is 0 Å². The van der Waals surface area contributed by atoms with Gasteiger partial charge in [-0.2, -0.15) is 0 Å². The maximum Gasteiger partial charge on any atom is 0.411 e. The van der Waals surface area contributed by atoms with Gasteiger partial charge >= 0.3 is 12.1 Å². The van der Waals surface area contributed by atoms with E-state index < -0.39 is 12.1 Å². The number of H-pyrrole nitrogens is 1. The third kappa shape index (κ3) is 5.73. The molecule has 7 heteroatoms. The van der Waals surface area contributed by atoms with Gasteiger partial charge in [-0.05, 0) is 81.8 Å². The minimum atomic E-state index is -0.417. The van der Waals surface area contributed by atoms with Crippen LogP contribution in [0, 0.1) is 0 Å². The molecule has 1 atom stereocenters. The summed E-state index contributed by atoms with van der Waals surface area (Å²) in [5.74, 6) is 0.165. The molecule has 2 N–H and O–H groups in total. The van der Waals surface area contributed by atoms with Crippen LogP contribution in [0.5, 0.6) is 5.75 Å². The molecule has 1 amide bonds. The second kappa shape index (κ2) is 11.3. The molecule has 1 heterocycles. The van der Waals surface area contributed by atoms with Gasteiger partial charge in [-0.15, -0.1) is 0 Å². The van der Waals surface area contributed by atoms with E-state index in [1.165, 1.54) is 12.7 Å². The maximum atomic E-state index is 12.5. The molecule has 0 spiro atoms. The molecule has 1 saturated carbocycles. The van der Waals surface area contributed by atoms with Gasteiger partial charge in [-0.3, -0.25) is 5.32 Å². The second-order valence-electron chi connectivity index (χ2n) is 9.46. The van der Waals surface area contributed by atoms with Gasteiger partial charge in [0.15, 0.2) is 0 Å². The van der Waals surface area contributed by atoms with Crippen LogP contribution < -0.4 is 10.1 Å². The number of carbonyl (C=O) groups excluding carboxylic acids is 2. The molecule has 4 rings (SSSR count). The Bertz CT molecular complexity index is 1270. The van der Waals surface area contributed by atoms with Crippen molar-refractivity contribution in [2.45, 2.75) is 58.0 Å². The van der Waals surface area contributed by atoms with Crippen molar-refractivity contribution in [3.8, 4) is 5.75 Å². The summed E-state index contributed by atoms with van der Waals surface area (Å²) in [6.45, 7) is 4.14. The smallest absolute Gasteiger partial charge is 0.411 e. The molecule has 1 aliphatic carbocycles. The van der Waals surface area contributed by atoms with Crippen molar-refractivity contribution in [3.63, 3.8) is 0 Å². The number of ether oxygens (including phenoxy) is 3. The van der Waals surface area contributed by atoms with E-state index in [0.717, 1.165) is 54.1 Å². The average molecular weight is 491 g/mol. The molecule has 1 fully saturated rings. The van der Waals surface area contributed by atoms with Gasteiger partial charge in [0.25, 0.3) is 0 Å². The minimum absolute atomic E-state index is 0.00503. The first-order chi connectivity index (χ1) is 17.4. The number of rotatable bonds is 8. The van der Waals surface area contributed by atoms with Gasteiger partial charge in [-0.25, -0.2) is 9.59 Å². The van der Waals surface area contributed by atoms with Crippen molar-refractivity contribution >= 4 is 28.7 Å². The fraction of sp³-hybridized carbons (Fsp3) is 0.379. The lowest BCUT2D eigenvalue weighted by Crippen LogP contribution is -2.20. The van der Waals surface area contributed by atoms with Crippen LogP contribution in [0.3, 0.4) is 0 Å². The lowest BCUT2D eigenvalue weighted by molar-refractivity contribution is 0.0600. The maximum absolute atomic E-state index is 12.5. The standard InChI is InChI=1S/C29H34N2O5/c1-18(2)9-12-22(23-13-10-19(28(32)35-4)15-27(23)34-3)25-17-30-26-14-11-20(16-24(25)26)31-29(33)36-21-7-5-6-8-21/h9-11,13-17,21-22,30H,5-8,12H2,1-4H3,(H,31,33). The largest absolute Gasteiger partial charge is 0.496 e. The number of amides is 1. The van der Waals surface area contributed by atoms with Crippen LogP contribution in [-0.2, 0) is 9.47 Å². The summed E-state index contributed by atoms with van der Waals surface area (Å²) >= 11 is 0. The number of carbonyl (C=O) groups is 2. The number of fused-ring (bicyclic) bond motifs is 1. The number of anilines is 1. The molecular weight excluding hydrogens is 456 g/mol. The van der Waals surface area contributed by atoms with Crippen molar-refractivity contribution in [2.75, 3.05) is 19.5 Å². The van der Waals surface area contributed by atoms with Gasteiger partial charge < -0.3 is 19.2 Å². The van der Waals surface area contributed by atoms with Crippen LogP contribution in [0.15, 0.2) is 54.2 Å². The summed E-state index contributed by atoms with van der Waals surface area (Å²) < 4.78 is 16.2. The first-order valence-corrected chi connectivity index (χ1v) is 12.4. The predicted molar refractivity (Wildman–Crippen MR) is 141 cm³/mol. The van der Waals surface area contributed by atoms with E-state index in [1.54, 1.807) is 19.2 Å². The minimum Gasteiger partial charge on any atom is -0.496 e. The molecule has 1 unspecified atom stereocenters. The zero-order valence-corrected chi connectivity index (χ0v) is 21.4. The molecule has 190 valence electrons. The summed E-state index contributed by atoms with van der Waals surface area (Å²) in [5.41, 5.74) is 5.32. The molecule has 0 radical (unpaired) electrons. The monoisotopic (exact) mass is 490 g/mol. The van der Waals surface area contributed by atoms with Gasteiger partial charge in [0.05, 0.1) is 19.8 Å². The highest BCUT2D eigenvalue weighted by atomic mass is 16.6. The zero-order chi connectivity index (χ0) is 25.7. The number of nitrogens with one attached hydrogen (secondary N) is 2. The highest BCUT2D eigenvalue weighted by Crippen LogP contribution is 2.39. The Morgan fingerprint density at radius 2 is 1.86 bits per heavy atom. The summed E-state index contributed by atoms with van der Waals surface area (Å²) in [6, 6.07) is 11.2. The molecule has 0 aliphatic heterocycles. The first kappa shape index (κ1) is 25.4. The topological polar surface area (TPSA) is 89.7 Å². The normalized spacial score (nSPS) is 14.3. The number of esters is 1. The van der Waals surface area contributed by atoms with E-state index in [1.807, 2.05) is 30.5 Å². The number of aromatic nitrogens is 1. The van der Waals surface area contributed by atoms with Gasteiger partial charge in [0, 0.05) is 34.3 Å². The zero-order valence-electron chi connectivity index (χ0n) is 21.4. The van der Waals surface area contributed by atoms with E-state index in [-0.39, 0.29) is 12.0 Å². The van der Waals surface area contributed by atoms with E-state index in [0.29, 0.717) is 17.0 Å². The van der Waals surface area contributed by atoms with E-state index >= 15 is 0 Å². The third-order valence-electron chi connectivity index (χ3n) is 6.70. The molecule has 36 heavy (non-hydrogen) atoms. The van der Waals surface area contributed by atoms with Crippen molar-refractivity contribution in [2.24, 2.45) is 0 Å². The molecule has 1 aromatic heterocycles. The lowest BCUT2D eigenvalue weighted by atomic mass is 9.86. The third-order valence-corrected chi connectivity index (χ3v) is 6.70. The number of hydrogen-bond acceptors (Lipinski definition) is 5. The number of hydrogen-bond donors (Lipinski definition) is 2. The number of aromatic amines is 1. The SMILES string of the molecule is COC(=O)c1ccc(C(CC=C(C)C)c2c[nH]c3ccc(NC(=O)OC4CCCC4)cc23)c(OC)c1. The number of benzene rings is 2. The Balaban J connectivity index is 1.70. The Kier molecular flexibility index (Phi) is 7.98. The summed E-state index contributed by atoms with van der Waals surface area (Å²) in [4.78, 5) is 27.9. The van der Waals surface area contributed by atoms with Crippen LogP contribution in [0.25, 0.3) is 10.9 Å².